The highest BCUT2D eigenvalue weighted by Crippen LogP contribution is 2.30. The Balaban J connectivity index is 1.39. The van der Waals surface area contributed by atoms with E-state index in [4.69, 9.17) is 0 Å². The fourth-order valence-electron chi connectivity index (χ4n) is 4.15. The number of H-pyrrole nitrogens is 1. The van der Waals surface area contributed by atoms with Gasteiger partial charge in [0.1, 0.15) is 0 Å². The minimum absolute atomic E-state index is 0.343. The highest BCUT2D eigenvalue weighted by molar-refractivity contribution is 5.80. The molecule has 0 unspecified atom stereocenters. The Labute approximate surface area is 150 Å². The summed E-state index contributed by atoms with van der Waals surface area (Å²) in [7, 11) is 2.21. The van der Waals surface area contributed by atoms with E-state index in [1.165, 1.54) is 49.6 Å². The molecule has 1 aromatic carbocycles. The first-order chi connectivity index (χ1) is 12.2. The molecule has 0 radical (unpaired) electrons. The van der Waals surface area contributed by atoms with E-state index in [1.54, 1.807) is 0 Å². The molecule has 1 saturated heterocycles. The Bertz CT molecular complexity index is 734. The predicted molar refractivity (Wildman–Crippen MR) is 101 cm³/mol. The highest BCUT2D eigenvalue weighted by atomic mass is 16.2. The number of carbonyl (C=O) groups excluding carboxylic acids is 1. The summed E-state index contributed by atoms with van der Waals surface area (Å²) < 4.78 is 0. The molecule has 0 bridgehead atoms. The van der Waals surface area contributed by atoms with Gasteiger partial charge in [0.25, 0.3) is 0 Å². The van der Waals surface area contributed by atoms with Crippen molar-refractivity contribution >= 4 is 16.8 Å². The Morgan fingerprint density at radius 2 is 2.12 bits per heavy atom. The zero-order valence-electron chi connectivity index (χ0n) is 15.2. The van der Waals surface area contributed by atoms with Crippen molar-refractivity contribution in [1.82, 2.24) is 14.8 Å². The lowest BCUT2D eigenvalue weighted by Crippen LogP contribution is -2.38. The van der Waals surface area contributed by atoms with Crippen molar-refractivity contribution in [2.24, 2.45) is 0 Å². The van der Waals surface area contributed by atoms with E-state index in [9.17, 15) is 4.79 Å². The molecule has 4 heteroatoms. The van der Waals surface area contributed by atoms with Gasteiger partial charge in [-0.15, -0.1) is 0 Å². The summed E-state index contributed by atoms with van der Waals surface area (Å²) in [4.78, 5) is 20.7. The van der Waals surface area contributed by atoms with E-state index in [0.717, 1.165) is 18.5 Å². The number of hydrogen-bond donors (Lipinski definition) is 1. The monoisotopic (exact) mass is 339 g/mol. The highest BCUT2D eigenvalue weighted by Gasteiger charge is 2.32. The maximum Gasteiger partial charge on any atom is 0.223 e. The van der Waals surface area contributed by atoms with Crippen molar-refractivity contribution in [2.45, 2.75) is 63.6 Å². The van der Waals surface area contributed by atoms with Gasteiger partial charge in [0.2, 0.25) is 5.91 Å². The molecule has 1 aliphatic heterocycles. The zero-order chi connectivity index (χ0) is 17.2. The Hall–Kier alpha value is -1.81. The van der Waals surface area contributed by atoms with Crippen molar-refractivity contribution in [1.29, 1.82) is 0 Å². The van der Waals surface area contributed by atoms with Crippen LogP contribution in [0.1, 0.15) is 50.5 Å². The number of aromatic amines is 1. The largest absolute Gasteiger partial charge is 0.361 e. The molecule has 0 spiro atoms. The molecule has 1 aliphatic carbocycles. The minimum atomic E-state index is 0.343. The number of amides is 1. The summed E-state index contributed by atoms with van der Waals surface area (Å²) in [6, 6.07) is 9.64. The SMILES string of the molecule is CN1CCCC[C@@H]1CCC(=O)N(Cc1ccc2[nH]ccc2c1)C1CC1. The van der Waals surface area contributed by atoms with E-state index >= 15 is 0 Å². The predicted octanol–water partition coefficient (Wildman–Crippen LogP) is 3.92. The molecule has 2 aromatic rings. The van der Waals surface area contributed by atoms with E-state index < -0.39 is 0 Å². The smallest absolute Gasteiger partial charge is 0.223 e. The van der Waals surface area contributed by atoms with Gasteiger partial charge in [-0.3, -0.25) is 4.79 Å². The van der Waals surface area contributed by atoms with Gasteiger partial charge in [-0.25, -0.2) is 0 Å². The second kappa shape index (κ2) is 7.20. The van der Waals surface area contributed by atoms with Crippen LogP contribution in [0.4, 0.5) is 0 Å². The fourth-order valence-corrected chi connectivity index (χ4v) is 4.15. The number of nitrogens with one attached hydrogen (secondary N) is 1. The van der Waals surface area contributed by atoms with Crippen LogP contribution >= 0.6 is 0 Å². The van der Waals surface area contributed by atoms with E-state index in [1.807, 2.05) is 6.20 Å². The summed E-state index contributed by atoms with van der Waals surface area (Å²) >= 11 is 0. The fraction of sp³-hybridized carbons (Fsp3) is 0.571. The number of benzene rings is 1. The molecule has 25 heavy (non-hydrogen) atoms. The number of nitrogens with zero attached hydrogens (tertiary/aromatic N) is 2. The molecule has 1 aromatic heterocycles. The maximum atomic E-state index is 12.9. The van der Waals surface area contributed by atoms with E-state index in [0.29, 0.717) is 24.4 Å². The Kier molecular flexibility index (Phi) is 4.80. The van der Waals surface area contributed by atoms with Gasteiger partial charge in [0.15, 0.2) is 0 Å². The third kappa shape index (κ3) is 3.90. The van der Waals surface area contributed by atoms with Gasteiger partial charge in [-0.2, -0.15) is 0 Å². The van der Waals surface area contributed by atoms with Crippen LogP contribution in [0.5, 0.6) is 0 Å². The van der Waals surface area contributed by atoms with Crippen LogP contribution in [0, 0.1) is 0 Å². The van der Waals surface area contributed by atoms with E-state index in [2.05, 4.69) is 46.1 Å². The van der Waals surface area contributed by atoms with Crippen LogP contribution < -0.4 is 0 Å². The van der Waals surface area contributed by atoms with Crippen LogP contribution in [0.3, 0.4) is 0 Å². The van der Waals surface area contributed by atoms with Crippen molar-refractivity contribution in [2.75, 3.05) is 13.6 Å². The molecule has 4 nitrogen and oxygen atoms in total. The van der Waals surface area contributed by atoms with Crippen LogP contribution in [0.15, 0.2) is 30.5 Å². The molecule has 134 valence electrons. The maximum absolute atomic E-state index is 12.9. The molecule has 2 aliphatic rings. The molecule has 2 heterocycles. The minimum Gasteiger partial charge on any atom is -0.361 e. The summed E-state index contributed by atoms with van der Waals surface area (Å²) in [5, 5.41) is 1.23. The number of hydrogen-bond acceptors (Lipinski definition) is 2. The summed E-state index contributed by atoms with van der Waals surface area (Å²) in [6.45, 7) is 1.94. The first kappa shape index (κ1) is 16.6. The normalized spacial score (nSPS) is 21.6. The molecule has 1 N–H and O–H groups in total. The molecular weight excluding hydrogens is 310 g/mol. The third-order valence-corrected chi connectivity index (χ3v) is 5.89. The van der Waals surface area contributed by atoms with Gasteiger partial charge in [0.05, 0.1) is 0 Å². The lowest BCUT2D eigenvalue weighted by molar-refractivity contribution is -0.132. The van der Waals surface area contributed by atoms with Crippen LogP contribution in [0.25, 0.3) is 10.9 Å². The molecular formula is C21H29N3O. The summed E-state index contributed by atoms with van der Waals surface area (Å²) in [5.74, 6) is 0.343. The number of piperidine rings is 1. The molecule has 4 rings (SSSR count). The van der Waals surface area contributed by atoms with Gasteiger partial charge in [-0.1, -0.05) is 12.5 Å². The first-order valence-electron chi connectivity index (χ1n) is 9.76. The van der Waals surface area contributed by atoms with Crippen molar-refractivity contribution in [3.8, 4) is 0 Å². The van der Waals surface area contributed by atoms with E-state index in [-0.39, 0.29) is 0 Å². The van der Waals surface area contributed by atoms with Crippen LogP contribution in [-0.2, 0) is 11.3 Å². The standard InChI is InChI=1S/C21H29N3O/c1-23-13-3-2-4-18(23)8-10-21(25)24(19-6-7-19)15-16-5-9-20-17(14-16)11-12-22-20/h5,9,11-12,14,18-19,22H,2-4,6-8,10,13,15H2,1H3/t18-/m1/s1. The summed E-state index contributed by atoms with van der Waals surface area (Å²) in [6.07, 6.45) is 9.87. The zero-order valence-corrected chi connectivity index (χ0v) is 15.2. The van der Waals surface area contributed by atoms with Crippen LogP contribution in [-0.4, -0.2) is 46.4 Å². The molecule has 2 fully saturated rings. The molecule has 1 amide bonds. The van der Waals surface area contributed by atoms with Crippen molar-refractivity contribution in [3.05, 3.63) is 36.0 Å². The first-order valence-corrected chi connectivity index (χ1v) is 9.76. The van der Waals surface area contributed by atoms with Gasteiger partial charge in [-0.05, 0) is 74.8 Å². The summed E-state index contributed by atoms with van der Waals surface area (Å²) in [5.41, 5.74) is 2.40. The third-order valence-electron chi connectivity index (χ3n) is 5.89. The van der Waals surface area contributed by atoms with Crippen molar-refractivity contribution in [3.63, 3.8) is 0 Å². The van der Waals surface area contributed by atoms with Crippen LogP contribution in [0.2, 0.25) is 0 Å². The lowest BCUT2D eigenvalue weighted by Gasteiger charge is -2.33. The Morgan fingerprint density at radius 1 is 1.24 bits per heavy atom. The number of rotatable bonds is 6. The lowest BCUT2D eigenvalue weighted by atomic mass is 9.98. The molecule has 1 saturated carbocycles. The van der Waals surface area contributed by atoms with Crippen molar-refractivity contribution < 1.29 is 4.79 Å². The number of aromatic nitrogens is 1. The second-order valence-electron chi connectivity index (χ2n) is 7.82. The number of carbonyl (C=O) groups is 1. The topological polar surface area (TPSA) is 39.3 Å². The van der Waals surface area contributed by atoms with Gasteiger partial charge >= 0.3 is 0 Å². The molecule has 1 atom stereocenters. The quantitative estimate of drug-likeness (QED) is 0.866. The average molecular weight is 339 g/mol. The number of fused-ring (bicyclic) bond motifs is 1. The number of likely N-dealkylation sites (tertiary alicyclic amines) is 1. The average Bonchev–Trinajstić information content (AvgIpc) is 3.35. The van der Waals surface area contributed by atoms with Gasteiger partial charge in [0, 0.05) is 36.8 Å². The van der Waals surface area contributed by atoms with Gasteiger partial charge < -0.3 is 14.8 Å². The second-order valence-corrected chi connectivity index (χ2v) is 7.82. The Morgan fingerprint density at radius 3 is 2.92 bits per heavy atom.